The van der Waals surface area contributed by atoms with Crippen molar-refractivity contribution in [1.82, 2.24) is 9.78 Å². The van der Waals surface area contributed by atoms with E-state index in [2.05, 4.69) is 16.0 Å². The van der Waals surface area contributed by atoms with Crippen LogP contribution in [0, 0.1) is 5.41 Å². The van der Waals surface area contributed by atoms with E-state index in [9.17, 15) is 5.11 Å². The molecule has 88 valence electrons. The number of hydrogen-bond acceptors (Lipinski definition) is 2. The number of rotatable bonds is 1. The summed E-state index contributed by atoms with van der Waals surface area (Å²) in [6.45, 7) is 0. The highest BCUT2D eigenvalue weighted by atomic mass is 16.3. The summed E-state index contributed by atoms with van der Waals surface area (Å²) < 4.78 is 2.09. The molecule has 1 aromatic heterocycles. The fourth-order valence-electron chi connectivity index (χ4n) is 3.76. The molecule has 2 fully saturated rings. The first-order valence-corrected chi connectivity index (χ1v) is 6.47. The van der Waals surface area contributed by atoms with Crippen molar-refractivity contribution in [3.8, 4) is 0 Å². The summed E-state index contributed by atoms with van der Waals surface area (Å²) >= 11 is 0. The van der Waals surface area contributed by atoms with Gasteiger partial charge in [-0.3, -0.25) is 4.68 Å². The van der Waals surface area contributed by atoms with E-state index in [4.69, 9.17) is 0 Å². The van der Waals surface area contributed by atoms with E-state index >= 15 is 0 Å². The minimum Gasteiger partial charge on any atom is -0.393 e. The highest BCUT2D eigenvalue weighted by molar-refractivity contribution is 4.99. The second-order valence-corrected chi connectivity index (χ2v) is 5.50. The summed E-state index contributed by atoms with van der Waals surface area (Å²) in [5, 5.41) is 14.3. The number of aromatic nitrogens is 2. The van der Waals surface area contributed by atoms with Gasteiger partial charge in [0, 0.05) is 12.4 Å². The van der Waals surface area contributed by atoms with E-state index < -0.39 is 0 Å². The van der Waals surface area contributed by atoms with Gasteiger partial charge in [0.1, 0.15) is 0 Å². The molecule has 1 N–H and O–H groups in total. The van der Waals surface area contributed by atoms with Crippen molar-refractivity contribution in [2.75, 3.05) is 0 Å². The fraction of sp³-hybridized carbons (Fsp3) is 0.769. The van der Waals surface area contributed by atoms with Crippen molar-refractivity contribution in [2.45, 2.75) is 57.1 Å². The summed E-state index contributed by atoms with van der Waals surface area (Å²) in [6, 6.07) is 2.41. The van der Waals surface area contributed by atoms with Gasteiger partial charge in [-0.15, -0.1) is 0 Å². The van der Waals surface area contributed by atoms with Crippen molar-refractivity contribution < 1.29 is 5.11 Å². The maximum atomic E-state index is 9.88. The number of hydrogen-bond donors (Lipinski definition) is 1. The molecule has 3 nitrogen and oxygen atoms in total. The lowest BCUT2D eigenvalue weighted by Gasteiger charge is -2.43. The van der Waals surface area contributed by atoms with E-state index in [0.717, 1.165) is 12.8 Å². The number of aliphatic hydroxyl groups is 1. The normalized spacial score (nSPS) is 33.3. The van der Waals surface area contributed by atoms with E-state index in [0.29, 0.717) is 11.5 Å². The summed E-state index contributed by atoms with van der Waals surface area (Å²) in [4.78, 5) is 0. The van der Waals surface area contributed by atoms with Gasteiger partial charge >= 0.3 is 0 Å². The number of aliphatic hydroxyl groups excluding tert-OH is 1. The van der Waals surface area contributed by atoms with Crippen molar-refractivity contribution in [3.63, 3.8) is 0 Å². The van der Waals surface area contributed by atoms with Crippen LogP contribution in [0.2, 0.25) is 0 Å². The number of nitrogens with zero attached hydrogens (tertiary/aromatic N) is 2. The fourth-order valence-corrected chi connectivity index (χ4v) is 3.76. The van der Waals surface area contributed by atoms with Crippen molar-refractivity contribution in [1.29, 1.82) is 0 Å². The summed E-state index contributed by atoms with van der Waals surface area (Å²) in [5.41, 5.74) is 0.436. The molecule has 3 heteroatoms. The van der Waals surface area contributed by atoms with Crippen LogP contribution in [0.1, 0.15) is 51.0 Å². The molecular weight excluding hydrogens is 200 g/mol. The molecule has 3 rings (SSSR count). The van der Waals surface area contributed by atoms with E-state index in [1.54, 1.807) is 0 Å². The average molecular weight is 220 g/mol. The smallest absolute Gasteiger partial charge is 0.0599 e. The lowest BCUT2D eigenvalue weighted by atomic mass is 9.68. The lowest BCUT2D eigenvalue weighted by Crippen LogP contribution is -2.38. The topological polar surface area (TPSA) is 38.0 Å². The van der Waals surface area contributed by atoms with Gasteiger partial charge in [-0.2, -0.15) is 5.10 Å². The molecule has 16 heavy (non-hydrogen) atoms. The molecule has 0 aromatic carbocycles. The Balaban J connectivity index is 1.91. The predicted octanol–water partition coefficient (Wildman–Crippen LogP) is 2.53. The van der Waals surface area contributed by atoms with Crippen LogP contribution in [0.25, 0.3) is 0 Å². The zero-order valence-electron chi connectivity index (χ0n) is 9.68. The maximum Gasteiger partial charge on any atom is 0.0599 e. The van der Waals surface area contributed by atoms with Gasteiger partial charge in [-0.25, -0.2) is 0 Å². The molecule has 0 radical (unpaired) electrons. The Bertz CT molecular complexity index is 341. The molecule has 0 aliphatic heterocycles. The molecular formula is C13H20N2O. The van der Waals surface area contributed by atoms with Gasteiger partial charge in [-0.1, -0.05) is 12.8 Å². The second kappa shape index (κ2) is 3.88. The van der Waals surface area contributed by atoms with Gasteiger partial charge in [0.2, 0.25) is 0 Å². The monoisotopic (exact) mass is 220 g/mol. The Kier molecular flexibility index (Phi) is 2.51. The van der Waals surface area contributed by atoms with Crippen LogP contribution >= 0.6 is 0 Å². The minimum atomic E-state index is -0.125. The highest BCUT2D eigenvalue weighted by Crippen LogP contribution is 2.54. The van der Waals surface area contributed by atoms with Crippen LogP contribution in [0.3, 0.4) is 0 Å². The van der Waals surface area contributed by atoms with Crippen molar-refractivity contribution in [2.24, 2.45) is 5.41 Å². The molecule has 2 aliphatic rings. The lowest BCUT2D eigenvalue weighted by molar-refractivity contribution is 0.0124. The van der Waals surface area contributed by atoms with Crippen molar-refractivity contribution >= 4 is 0 Å². The molecule has 1 heterocycles. The molecule has 2 atom stereocenters. The van der Waals surface area contributed by atoms with Crippen molar-refractivity contribution in [3.05, 3.63) is 18.5 Å². The summed E-state index contributed by atoms with van der Waals surface area (Å²) in [5.74, 6) is 0. The molecule has 2 unspecified atom stereocenters. The predicted molar refractivity (Wildman–Crippen MR) is 62.0 cm³/mol. The molecule has 1 spiro atoms. The SMILES string of the molecule is OC1CCC2(CCCC2)C(n2cccn2)C1. The molecule has 0 bridgehead atoms. The van der Waals surface area contributed by atoms with Gasteiger partial charge in [0.25, 0.3) is 0 Å². The Morgan fingerprint density at radius 1 is 1.25 bits per heavy atom. The minimum absolute atomic E-state index is 0.125. The first-order chi connectivity index (χ1) is 7.80. The maximum absolute atomic E-state index is 9.88. The third-order valence-corrected chi connectivity index (χ3v) is 4.62. The molecule has 0 amide bonds. The van der Waals surface area contributed by atoms with Crippen LogP contribution < -0.4 is 0 Å². The summed E-state index contributed by atoms with van der Waals surface area (Å²) in [6.07, 6.45) is 12.2. The Morgan fingerprint density at radius 3 is 2.75 bits per heavy atom. The molecule has 2 aliphatic carbocycles. The molecule has 2 saturated carbocycles. The highest BCUT2D eigenvalue weighted by Gasteiger charge is 2.45. The molecule has 0 saturated heterocycles. The van der Waals surface area contributed by atoms with Crippen LogP contribution in [0.15, 0.2) is 18.5 Å². The van der Waals surface area contributed by atoms with Crippen LogP contribution in [-0.2, 0) is 0 Å². The zero-order valence-corrected chi connectivity index (χ0v) is 9.68. The molecule has 1 aromatic rings. The standard InChI is InChI=1S/C13H20N2O/c16-11-4-7-13(5-1-2-6-13)12(10-11)15-9-3-8-14-15/h3,8-9,11-12,16H,1-2,4-7,10H2. The van der Waals surface area contributed by atoms with Crippen LogP contribution in [-0.4, -0.2) is 21.0 Å². The van der Waals surface area contributed by atoms with E-state index in [1.807, 2.05) is 12.3 Å². The Hall–Kier alpha value is -0.830. The Labute approximate surface area is 96.5 Å². The Morgan fingerprint density at radius 2 is 2.06 bits per heavy atom. The van der Waals surface area contributed by atoms with Gasteiger partial charge in [0.05, 0.1) is 12.1 Å². The third kappa shape index (κ3) is 1.58. The van der Waals surface area contributed by atoms with E-state index in [1.165, 1.54) is 32.1 Å². The van der Waals surface area contributed by atoms with Gasteiger partial charge in [0.15, 0.2) is 0 Å². The average Bonchev–Trinajstić information content (AvgIpc) is 2.95. The van der Waals surface area contributed by atoms with Gasteiger partial charge < -0.3 is 5.11 Å². The van der Waals surface area contributed by atoms with Crippen LogP contribution in [0.4, 0.5) is 0 Å². The zero-order chi connectivity index (χ0) is 11.0. The first-order valence-electron chi connectivity index (χ1n) is 6.47. The van der Waals surface area contributed by atoms with Gasteiger partial charge in [-0.05, 0) is 43.6 Å². The largest absolute Gasteiger partial charge is 0.393 e. The second-order valence-electron chi connectivity index (χ2n) is 5.50. The quantitative estimate of drug-likeness (QED) is 0.789. The third-order valence-electron chi connectivity index (χ3n) is 4.62. The first kappa shape index (κ1) is 10.3. The van der Waals surface area contributed by atoms with E-state index in [-0.39, 0.29) is 6.10 Å². The van der Waals surface area contributed by atoms with Crippen LogP contribution in [0.5, 0.6) is 0 Å². The summed E-state index contributed by atoms with van der Waals surface area (Å²) in [7, 11) is 0.